The van der Waals surface area contributed by atoms with Gasteiger partial charge in [0.1, 0.15) is 6.33 Å². The van der Waals surface area contributed by atoms with Gasteiger partial charge in [-0.2, -0.15) is 0 Å². The lowest BCUT2D eigenvalue weighted by Gasteiger charge is -2.08. The van der Waals surface area contributed by atoms with Crippen molar-refractivity contribution in [3.63, 3.8) is 0 Å². The molecule has 0 saturated carbocycles. The molecule has 0 atom stereocenters. The van der Waals surface area contributed by atoms with Crippen LogP contribution in [-0.2, 0) is 17.8 Å². The van der Waals surface area contributed by atoms with E-state index in [4.69, 9.17) is 4.74 Å². The summed E-state index contributed by atoms with van der Waals surface area (Å²) in [6, 6.07) is 7.18. The summed E-state index contributed by atoms with van der Waals surface area (Å²) in [5.74, 6) is 0.526. The van der Waals surface area contributed by atoms with Gasteiger partial charge in [0, 0.05) is 12.2 Å². The van der Waals surface area contributed by atoms with Crippen molar-refractivity contribution in [2.24, 2.45) is 0 Å². The van der Waals surface area contributed by atoms with Crippen LogP contribution in [-0.4, -0.2) is 27.8 Å². The SMILES string of the molecule is CCCn1cnnc1CNc1cccc(C(=O)OC)c1. The Hall–Kier alpha value is -2.37. The number of hydrogen-bond donors (Lipinski definition) is 1. The van der Waals surface area contributed by atoms with Crippen LogP contribution in [0, 0.1) is 0 Å². The van der Waals surface area contributed by atoms with Crippen LogP contribution < -0.4 is 5.32 Å². The van der Waals surface area contributed by atoms with Crippen LogP contribution in [0.25, 0.3) is 0 Å². The van der Waals surface area contributed by atoms with Gasteiger partial charge in [-0.3, -0.25) is 0 Å². The number of rotatable bonds is 6. The maximum Gasteiger partial charge on any atom is 0.337 e. The van der Waals surface area contributed by atoms with Crippen LogP contribution in [0.5, 0.6) is 0 Å². The Bertz CT molecular complexity index is 580. The van der Waals surface area contributed by atoms with Gasteiger partial charge in [-0.1, -0.05) is 13.0 Å². The zero-order chi connectivity index (χ0) is 14.4. The first-order valence-electron chi connectivity index (χ1n) is 6.53. The molecule has 2 rings (SSSR count). The molecule has 6 nitrogen and oxygen atoms in total. The molecule has 0 fully saturated rings. The van der Waals surface area contributed by atoms with Gasteiger partial charge in [0.05, 0.1) is 19.2 Å². The predicted octanol–water partition coefficient (Wildman–Crippen LogP) is 2.09. The number of methoxy groups -OCH3 is 1. The van der Waals surface area contributed by atoms with Gasteiger partial charge < -0.3 is 14.6 Å². The van der Waals surface area contributed by atoms with Gasteiger partial charge in [0.2, 0.25) is 0 Å². The highest BCUT2D eigenvalue weighted by atomic mass is 16.5. The Morgan fingerprint density at radius 2 is 2.30 bits per heavy atom. The van der Waals surface area contributed by atoms with Crippen LogP contribution in [0.3, 0.4) is 0 Å². The van der Waals surface area contributed by atoms with Gasteiger partial charge in [0.15, 0.2) is 5.82 Å². The van der Waals surface area contributed by atoms with Crippen LogP contribution in [0.4, 0.5) is 5.69 Å². The van der Waals surface area contributed by atoms with E-state index in [-0.39, 0.29) is 5.97 Å². The molecule has 0 radical (unpaired) electrons. The van der Waals surface area contributed by atoms with Gasteiger partial charge in [-0.15, -0.1) is 10.2 Å². The number of aromatic nitrogens is 3. The van der Waals surface area contributed by atoms with E-state index in [1.807, 2.05) is 16.7 Å². The minimum atomic E-state index is -0.345. The average molecular weight is 274 g/mol. The van der Waals surface area contributed by atoms with Crippen molar-refractivity contribution in [1.82, 2.24) is 14.8 Å². The predicted molar refractivity (Wildman–Crippen MR) is 75.4 cm³/mol. The number of carbonyl (C=O) groups excluding carboxylic acids is 1. The molecule has 1 heterocycles. The molecule has 0 bridgehead atoms. The first kappa shape index (κ1) is 14.0. The van der Waals surface area contributed by atoms with Gasteiger partial charge in [0.25, 0.3) is 0 Å². The topological polar surface area (TPSA) is 69.0 Å². The normalized spacial score (nSPS) is 10.3. The van der Waals surface area contributed by atoms with Gasteiger partial charge in [-0.25, -0.2) is 4.79 Å². The molecule has 0 unspecified atom stereocenters. The van der Waals surface area contributed by atoms with E-state index in [0.717, 1.165) is 24.5 Å². The van der Waals surface area contributed by atoms with Crippen molar-refractivity contribution in [2.75, 3.05) is 12.4 Å². The molecule has 1 aromatic carbocycles. The van der Waals surface area contributed by atoms with E-state index in [1.165, 1.54) is 7.11 Å². The summed E-state index contributed by atoms with van der Waals surface area (Å²) >= 11 is 0. The Morgan fingerprint density at radius 3 is 3.05 bits per heavy atom. The minimum Gasteiger partial charge on any atom is -0.465 e. The zero-order valence-corrected chi connectivity index (χ0v) is 11.7. The maximum absolute atomic E-state index is 11.5. The molecule has 0 aliphatic rings. The number of nitrogens with zero attached hydrogens (tertiary/aromatic N) is 3. The fraction of sp³-hybridized carbons (Fsp3) is 0.357. The molecule has 0 spiro atoms. The molecule has 0 aliphatic heterocycles. The Morgan fingerprint density at radius 1 is 1.45 bits per heavy atom. The van der Waals surface area contributed by atoms with Crippen molar-refractivity contribution in [3.8, 4) is 0 Å². The molecule has 106 valence electrons. The second-order valence-electron chi connectivity index (χ2n) is 4.37. The molecule has 1 aromatic heterocycles. The number of carbonyl (C=O) groups is 1. The highest BCUT2D eigenvalue weighted by molar-refractivity contribution is 5.90. The fourth-order valence-corrected chi connectivity index (χ4v) is 1.90. The lowest BCUT2D eigenvalue weighted by Crippen LogP contribution is -2.09. The number of nitrogens with one attached hydrogen (secondary N) is 1. The number of anilines is 1. The third kappa shape index (κ3) is 3.34. The Balaban J connectivity index is 2.03. The number of aryl methyl sites for hydroxylation is 1. The fourth-order valence-electron chi connectivity index (χ4n) is 1.90. The number of benzene rings is 1. The molecule has 0 saturated heterocycles. The molecule has 20 heavy (non-hydrogen) atoms. The van der Waals surface area contributed by atoms with E-state index < -0.39 is 0 Å². The largest absolute Gasteiger partial charge is 0.465 e. The monoisotopic (exact) mass is 274 g/mol. The third-order valence-electron chi connectivity index (χ3n) is 2.89. The standard InChI is InChI=1S/C14H18N4O2/c1-3-7-18-10-16-17-13(18)9-15-12-6-4-5-11(8-12)14(19)20-2/h4-6,8,10,15H,3,7,9H2,1-2H3. The molecule has 6 heteroatoms. The van der Waals surface area contributed by atoms with E-state index >= 15 is 0 Å². The van der Waals surface area contributed by atoms with Crippen molar-refractivity contribution in [2.45, 2.75) is 26.4 Å². The Labute approximate surface area is 117 Å². The van der Waals surface area contributed by atoms with Crippen molar-refractivity contribution < 1.29 is 9.53 Å². The summed E-state index contributed by atoms with van der Waals surface area (Å²) < 4.78 is 6.71. The van der Waals surface area contributed by atoms with Crippen LogP contribution in [0.2, 0.25) is 0 Å². The highest BCUT2D eigenvalue weighted by Gasteiger charge is 2.07. The van der Waals surface area contributed by atoms with Gasteiger partial charge >= 0.3 is 5.97 Å². The number of hydrogen-bond acceptors (Lipinski definition) is 5. The Kier molecular flexibility index (Phi) is 4.70. The second-order valence-corrected chi connectivity index (χ2v) is 4.37. The summed E-state index contributed by atoms with van der Waals surface area (Å²) in [5.41, 5.74) is 1.37. The second kappa shape index (κ2) is 6.70. The molecule has 0 amide bonds. The van der Waals surface area contributed by atoms with Crippen LogP contribution >= 0.6 is 0 Å². The first-order valence-corrected chi connectivity index (χ1v) is 6.53. The molecular formula is C14H18N4O2. The zero-order valence-electron chi connectivity index (χ0n) is 11.7. The van der Waals surface area contributed by atoms with E-state index in [0.29, 0.717) is 12.1 Å². The first-order chi connectivity index (χ1) is 9.74. The number of ether oxygens (including phenoxy) is 1. The van der Waals surface area contributed by atoms with E-state index in [2.05, 4.69) is 22.4 Å². The quantitative estimate of drug-likeness (QED) is 0.817. The lowest BCUT2D eigenvalue weighted by atomic mass is 10.2. The van der Waals surface area contributed by atoms with Crippen LogP contribution in [0.15, 0.2) is 30.6 Å². The molecular weight excluding hydrogens is 256 g/mol. The van der Waals surface area contributed by atoms with Crippen LogP contribution in [0.1, 0.15) is 29.5 Å². The summed E-state index contributed by atoms with van der Waals surface area (Å²) in [6.07, 6.45) is 2.76. The molecule has 2 aromatic rings. The summed E-state index contributed by atoms with van der Waals surface area (Å²) in [7, 11) is 1.37. The highest BCUT2D eigenvalue weighted by Crippen LogP contribution is 2.12. The van der Waals surface area contributed by atoms with Gasteiger partial charge in [-0.05, 0) is 24.6 Å². The van der Waals surface area contributed by atoms with E-state index in [9.17, 15) is 4.79 Å². The summed E-state index contributed by atoms with van der Waals surface area (Å²) in [4.78, 5) is 11.5. The molecule has 1 N–H and O–H groups in total. The number of esters is 1. The smallest absolute Gasteiger partial charge is 0.337 e. The van der Waals surface area contributed by atoms with E-state index in [1.54, 1.807) is 18.5 Å². The maximum atomic E-state index is 11.5. The lowest BCUT2D eigenvalue weighted by molar-refractivity contribution is 0.0601. The third-order valence-corrected chi connectivity index (χ3v) is 2.89. The average Bonchev–Trinajstić information content (AvgIpc) is 2.92. The summed E-state index contributed by atoms with van der Waals surface area (Å²) in [5, 5.41) is 11.2. The van der Waals surface area contributed by atoms with Crippen molar-refractivity contribution in [3.05, 3.63) is 42.0 Å². The summed E-state index contributed by atoms with van der Waals surface area (Å²) in [6.45, 7) is 3.56. The minimum absolute atomic E-state index is 0.345. The van der Waals surface area contributed by atoms with Crippen molar-refractivity contribution in [1.29, 1.82) is 0 Å². The van der Waals surface area contributed by atoms with Crippen molar-refractivity contribution >= 4 is 11.7 Å². The molecule has 0 aliphatic carbocycles.